The minimum Gasteiger partial charge on any atom is -0.385 e. The molecule has 1 amide bonds. The fourth-order valence-electron chi connectivity index (χ4n) is 4.60. The summed E-state index contributed by atoms with van der Waals surface area (Å²) >= 11 is 0. The lowest BCUT2D eigenvalue weighted by molar-refractivity contribution is -0.137. The zero-order valence-corrected chi connectivity index (χ0v) is 19.0. The number of nitrogens with zero attached hydrogens (tertiary/aromatic N) is 2. The monoisotopic (exact) mass is 476 g/mol. The van der Waals surface area contributed by atoms with Crippen molar-refractivity contribution in [2.75, 3.05) is 30.3 Å². The van der Waals surface area contributed by atoms with Crippen molar-refractivity contribution in [1.82, 2.24) is 4.90 Å². The lowest BCUT2D eigenvalue weighted by Crippen LogP contribution is -2.38. The van der Waals surface area contributed by atoms with Crippen LogP contribution in [0.4, 0.5) is 34.6 Å². The van der Waals surface area contributed by atoms with Crippen molar-refractivity contribution in [3.05, 3.63) is 53.3 Å². The van der Waals surface area contributed by atoms with Crippen molar-refractivity contribution in [2.45, 2.75) is 50.7 Å². The molecule has 2 heterocycles. The molecule has 0 saturated carbocycles. The van der Waals surface area contributed by atoms with E-state index < -0.39 is 29.4 Å². The maximum Gasteiger partial charge on any atom is 0.418 e. The van der Waals surface area contributed by atoms with Gasteiger partial charge in [0.2, 0.25) is 5.91 Å². The molecule has 0 bridgehead atoms. The topological polar surface area (TPSA) is 56.7 Å². The highest BCUT2D eigenvalue weighted by molar-refractivity contribution is 6.12. The van der Waals surface area contributed by atoms with Crippen LogP contribution in [0.1, 0.15) is 49.7 Å². The number of rotatable bonds is 7. The van der Waals surface area contributed by atoms with Crippen molar-refractivity contribution >= 4 is 29.2 Å². The van der Waals surface area contributed by atoms with Crippen molar-refractivity contribution in [3.63, 3.8) is 0 Å². The predicted octanol–water partition coefficient (Wildman–Crippen LogP) is 5.96. The first-order chi connectivity index (χ1) is 16.2. The largest absolute Gasteiger partial charge is 0.418 e. The fourth-order valence-corrected chi connectivity index (χ4v) is 4.60. The van der Waals surface area contributed by atoms with Crippen LogP contribution in [0.2, 0.25) is 0 Å². The minimum absolute atomic E-state index is 0.00635. The van der Waals surface area contributed by atoms with Crippen LogP contribution in [0.25, 0.3) is 0 Å². The molecule has 2 N–H and O–H groups in total. The molecular weight excluding hydrogens is 448 g/mol. The number of likely N-dealkylation sites (tertiary alicyclic amines) is 1. The van der Waals surface area contributed by atoms with Crippen LogP contribution >= 0.6 is 0 Å². The van der Waals surface area contributed by atoms with Gasteiger partial charge in [-0.25, -0.2) is 4.39 Å². The fraction of sp³-hybridized carbons (Fsp3) is 0.440. The van der Waals surface area contributed by atoms with Crippen LogP contribution in [0.3, 0.4) is 0 Å². The van der Waals surface area contributed by atoms with Crippen molar-refractivity contribution in [3.8, 4) is 0 Å². The Labute approximate surface area is 196 Å². The summed E-state index contributed by atoms with van der Waals surface area (Å²) in [6.07, 6.45) is 0.911. The third-order valence-corrected chi connectivity index (χ3v) is 6.46. The molecule has 0 spiro atoms. The van der Waals surface area contributed by atoms with Crippen LogP contribution in [-0.4, -0.2) is 42.7 Å². The van der Waals surface area contributed by atoms with Crippen LogP contribution in [-0.2, 0) is 11.0 Å². The van der Waals surface area contributed by atoms with E-state index in [0.29, 0.717) is 18.3 Å². The molecule has 0 radical (unpaired) electrons. The van der Waals surface area contributed by atoms with E-state index in [1.165, 1.54) is 43.3 Å². The Morgan fingerprint density at radius 3 is 2.82 bits per heavy atom. The third-order valence-electron chi connectivity index (χ3n) is 6.46. The first-order valence-corrected chi connectivity index (χ1v) is 11.6. The van der Waals surface area contributed by atoms with Gasteiger partial charge in [-0.1, -0.05) is 12.5 Å². The van der Waals surface area contributed by atoms with E-state index >= 15 is 0 Å². The van der Waals surface area contributed by atoms with Crippen LogP contribution in [0, 0.1) is 5.82 Å². The number of fused-ring (bicyclic) bond motifs is 1. The quantitative estimate of drug-likeness (QED) is 0.295. The maximum atomic E-state index is 14.2. The number of hydrogen-bond donors (Lipinski definition) is 2. The number of halogens is 4. The summed E-state index contributed by atoms with van der Waals surface area (Å²) in [6.45, 7) is 4.50. The Hall–Kier alpha value is -2.94. The van der Waals surface area contributed by atoms with E-state index in [0.717, 1.165) is 32.0 Å². The standard InChI is InChI=1S/C25H28F4N4O/c1-16-6-2-3-12-33(16)13-5-11-30-21-10-9-17(14-19(21)25(27,28)29)31-15-18-23-20(26)7-4-8-22(23)32-24(18)34/h4,7-10,14-16,18,30H,2-3,5-6,11-13H2,1H3,(H,32,34). The summed E-state index contributed by atoms with van der Waals surface area (Å²) < 4.78 is 55.3. The molecule has 1 saturated heterocycles. The molecule has 2 aromatic rings. The Morgan fingerprint density at radius 2 is 2.06 bits per heavy atom. The van der Waals surface area contributed by atoms with Crippen LogP contribution in [0.5, 0.6) is 0 Å². The lowest BCUT2D eigenvalue weighted by atomic mass is 10.0. The molecule has 1 fully saturated rings. The van der Waals surface area contributed by atoms with Gasteiger partial charge in [-0.3, -0.25) is 9.79 Å². The van der Waals surface area contributed by atoms with Gasteiger partial charge < -0.3 is 15.5 Å². The third kappa shape index (κ3) is 5.41. The lowest BCUT2D eigenvalue weighted by Gasteiger charge is -2.33. The van der Waals surface area contributed by atoms with Gasteiger partial charge in [0, 0.05) is 42.3 Å². The van der Waals surface area contributed by atoms with Crippen LogP contribution < -0.4 is 10.6 Å². The van der Waals surface area contributed by atoms with Crippen molar-refractivity contribution in [1.29, 1.82) is 0 Å². The Bertz CT molecular complexity index is 1070. The zero-order valence-electron chi connectivity index (χ0n) is 19.0. The van der Waals surface area contributed by atoms with Gasteiger partial charge in [0.15, 0.2) is 0 Å². The van der Waals surface area contributed by atoms with E-state index in [2.05, 4.69) is 27.4 Å². The van der Waals surface area contributed by atoms with Crippen molar-refractivity contribution in [2.24, 2.45) is 4.99 Å². The normalized spacial score (nSPS) is 21.0. The van der Waals surface area contributed by atoms with Gasteiger partial charge in [0.1, 0.15) is 11.7 Å². The average molecular weight is 477 g/mol. The van der Waals surface area contributed by atoms with Gasteiger partial charge in [0.05, 0.1) is 11.3 Å². The number of alkyl halides is 3. The van der Waals surface area contributed by atoms with Gasteiger partial charge >= 0.3 is 6.18 Å². The summed E-state index contributed by atoms with van der Waals surface area (Å²) in [6, 6.07) is 8.53. The second-order valence-electron chi connectivity index (χ2n) is 8.83. The summed E-state index contributed by atoms with van der Waals surface area (Å²) in [7, 11) is 0. The van der Waals surface area contributed by atoms with Crippen molar-refractivity contribution < 1.29 is 22.4 Å². The highest BCUT2D eigenvalue weighted by Gasteiger charge is 2.34. The first-order valence-electron chi connectivity index (χ1n) is 11.6. The molecule has 4 rings (SSSR count). The van der Waals surface area contributed by atoms with E-state index in [9.17, 15) is 22.4 Å². The molecule has 9 heteroatoms. The number of nitrogens with one attached hydrogen (secondary N) is 2. The molecular formula is C25H28F4N4O. The number of aliphatic imine (C=N–C) groups is 1. The first kappa shape index (κ1) is 24.2. The summed E-state index contributed by atoms with van der Waals surface area (Å²) in [5.74, 6) is -2.04. The van der Waals surface area contributed by atoms with E-state index in [1.54, 1.807) is 6.07 Å². The van der Waals surface area contributed by atoms with Crippen LogP contribution in [0.15, 0.2) is 41.4 Å². The minimum atomic E-state index is -4.57. The van der Waals surface area contributed by atoms with E-state index in [-0.39, 0.29) is 16.9 Å². The molecule has 0 aromatic heterocycles. The summed E-state index contributed by atoms with van der Waals surface area (Å²) in [5.41, 5.74) is -0.300. The second-order valence-corrected chi connectivity index (χ2v) is 8.83. The molecule has 2 aliphatic rings. The highest BCUT2D eigenvalue weighted by atomic mass is 19.4. The molecule has 2 aromatic carbocycles. The van der Waals surface area contributed by atoms with E-state index in [4.69, 9.17) is 0 Å². The predicted molar refractivity (Wildman–Crippen MR) is 125 cm³/mol. The Morgan fingerprint density at radius 1 is 1.24 bits per heavy atom. The molecule has 5 nitrogen and oxygen atoms in total. The molecule has 2 unspecified atom stereocenters. The summed E-state index contributed by atoms with van der Waals surface area (Å²) in [4.78, 5) is 18.7. The number of piperidine rings is 1. The average Bonchev–Trinajstić information content (AvgIpc) is 3.12. The highest BCUT2D eigenvalue weighted by Crippen LogP contribution is 2.38. The summed E-state index contributed by atoms with van der Waals surface area (Å²) in [5, 5.41) is 5.47. The number of benzene rings is 2. The van der Waals surface area contributed by atoms with Gasteiger partial charge in [-0.05, 0) is 63.1 Å². The zero-order chi connectivity index (χ0) is 24.3. The number of carbonyl (C=O) groups is 1. The number of hydrogen-bond acceptors (Lipinski definition) is 4. The second kappa shape index (κ2) is 10.1. The number of anilines is 2. The van der Waals surface area contributed by atoms with Gasteiger partial charge in [0.25, 0.3) is 0 Å². The van der Waals surface area contributed by atoms with E-state index in [1.807, 2.05) is 0 Å². The maximum absolute atomic E-state index is 14.2. The number of carbonyl (C=O) groups excluding carboxylic acids is 1. The Kier molecular flexibility index (Phi) is 7.21. The SMILES string of the molecule is CC1CCCCN1CCCNc1ccc(N=CC2C(=O)Nc3cccc(F)c32)cc1C(F)(F)F. The Balaban J connectivity index is 1.44. The number of amides is 1. The molecule has 2 aliphatic heterocycles. The molecule has 0 aliphatic carbocycles. The van der Waals surface area contributed by atoms with Gasteiger partial charge in [-0.15, -0.1) is 0 Å². The molecule has 2 atom stereocenters. The van der Waals surface area contributed by atoms with Gasteiger partial charge in [-0.2, -0.15) is 13.2 Å². The molecule has 182 valence electrons. The smallest absolute Gasteiger partial charge is 0.385 e. The molecule has 34 heavy (non-hydrogen) atoms.